The number of ether oxygens (including phenoxy) is 1. The molecule has 0 aliphatic carbocycles. The van der Waals surface area contributed by atoms with E-state index in [1.807, 2.05) is 24.3 Å². The first kappa shape index (κ1) is 25.1. The number of nitrogens with one attached hydrogen (secondary N) is 1. The number of para-hydroxylation sites is 1. The zero-order chi connectivity index (χ0) is 28.2. The third-order valence-electron chi connectivity index (χ3n) is 7.25. The second-order valence-electron chi connectivity index (χ2n) is 9.66. The molecule has 10 heteroatoms. The van der Waals surface area contributed by atoms with Crippen molar-refractivity contribution in [2.75, 3.05) is 12.0 Å². The van der Waals surface area contributed by atoms with Gasteiger partial charge in [0.05, 0.1) is 24.5 Å². The lowest BCUT2D eigenvalue weighted by molar-refractivity contribution is -0.137. The molecule has 5 aromatic rings. The number of aromatic nitrogens is 2. The third-order valence-corrected chi connectivity index (χ3v) is 7.25. The molecule has 2 N–H and O–H groups in total. The number of aliphatic carboxylic acids is 1. The van der Waals surface area contributed by atoms with Gasteiger partial charge in [-0.25, -0.2) is 9.37 Å². The first-order valence-corrected chi connectivity index (χ1v) is 12.4. The molecule has 0 bridgehead atoms. The zero-order valence-corrected chi connectivity index (χ0v) is 21.5. The maximum Gasteiger partial charge on any atom is 0.323 e. The van der Waals surface area contributed by atoms with Crippen molar-refractivity contribution in [3.63, 3.8) is 0 Å². The minimum Gasteiger partial charge on any atom is -0.497 e. The highest BCUT2D eigenvalue weighted by Crippen LogP contribution is 2.45. The number of amides is 2. The van der Waals surface area contributed by atoms with Crippen molar-refractivity contribution in [1.29, 1.82) is 0 Å². The Labute approximate surface area is 227 Å². The van der Waals surface area contributed by atoms with Crippen LogP contribution in [0.3, 0.4) is 0 Å². The summed E-state index contributed by atoms with van der Waals surface area (Å²) in [6, 6.07) is 19.5. The lowest BCUT2D eigenvalue weighted by atomic mass is 9.93. The van der Waals surface area contributed by atoms with Crippen molar-refractivity contribution in [2.45, 2.75) is 19.0 Å². The molecule has 0 saturated heterocycles. The zero-order valence-electron chi connectivity index (χ0n) is 21.5. The van der Waals surface area contributed by atoms with E-state index >= 15 is 0 Å². The molecule has 1 aliphatic rings. The van der Waals surface area contributed by atoms with Gasteiger partial charge in [0.2, 0.25) is 0 Å². The summed E-state index contributed by atoms with van der Waals surface area (Å²) in [4.78, 5) is 44.8. The van der Waals surface area contributed by atoms with Gasteiger partial charge in [-0.2, -0.15) is 0 Å². The minimum absolute atomic E-state index is 0.0597. The van der Waals surface area contributed by atoms with E-state index in [4.69, 9.17) is 4.74 Å². The Balaban J connectivity index is 1.42. The number of carboxylic acid groups (broad SMARTS) is 1. The first-order valence-electron chi connectivity index (χ1n) is 12.4. The quantitative estimate of drug-likeness (QED) is 0.323. The average Bonchev–Trinajstić information content (AvgIpc) is 3.37. The van der Waals surface area contributed by atoms with Crippen molar-refractivity contribution in [3.8, 4) is 5.75 Å². The maximum atomic E-state index is 13.9. The van der Waals surface area contributed by atoms with Gasteiger partial charge in [-0.15, -0.1) is 0 Å². The van der Waals surface area contributed by atoms with Crippen LogP contribution in [-0.4, -0.2) is 39.6 Å². The highest BCUT2D eigenvalue weighted by molar-refractivity contribution is 6.15. The van der Waals surface area contributed by atoms with Crippen LogP contribution in [0.4, 0.5) is 15.8 Å². The molecule has 0 fully saturated rings. The van der Waals surface area contributed by atoms with Crippen LogP contribution in [0.15, 0.2) is 79.0 Å². The number of pyridine rings is 1. The molecule has 3 aromatic carbocycles. The fourth-order valence-electron chi connectivity index (χ4n) is 5.32. The summed E-state index contributed by atoms with van der Waals surface area (Å²) in [5, 5.41) is 13.7. The summed E-state index contributed by atoms with van der Waals surface area (Å²) in [5.41, 5.74) is 1.32. The number of rotatable bonds is 6. The van der Waals surface area contributed by atoms with Crippen molar-refractivity contribution in [2.24, 2.45) is 0 Å². The molecule has 0 spiro atoms. The van der Waals surface area contributed by atoms with Gasteiger partial charge >= 0.3 is 5.97 Å². The number of halogens is 1. The predicted molar refractivity (Wildman–Crippen MR) is 146 cm³/mol. The normalized spacial score (nSPS) is 16.4. The highest BCUT2D eigenvalue weighted by atomic mass is 19.1. The number of fused-ring (bicyclic) bond motifs is 4. The monoisotopic (exact) mass is 538 g/mol. The summed E-state index contributed by atoms with van der Waals surface area (Å²) >= 11 is 0. The average molecular weight is 539 g/mol. The molecule has 2 amide bonds. The second-order valence-corrected chi connectivity index (χ2v) is 9.66. The Kier molecular flexibility index (Phi) is 5.76. The Morgan fingerprint density at radius 2 is 1.77 bits per heavy atom. The summed E-state index contributed by atoms with van der Waals surface area (Å²) in [6.07, 6.45) is 1.47. The van der Waals surface area contributed by atoms with E-state index < -0.39 is 29.1 Å². The Bertz CT molecular complexity index is 1850. The largest absolute Gasteiger partial charge is 0.497 e. The van der Waals surface area contributed by atoms with Crippen LogP contribution in [0.25, 0.3) is 21.8 Å². The Morgan fingerprint density at radius 1 is 1.02 bits per heavy atom. The number of nitrogens with zero attached hydrogens (tertiary/aromatic N) is 3. The van der Waals surface area contributed by atoms with Gasteiger partial charge in [-0.1, -0.05) is 18.2 Å². The fraction of sp³-hybridized carbons (Fsp3) is 0.133. The molecule has 2 aromatic heterocycles. The number of anilines is 2. The third kappa shape index (κ3) is 3.84. The lowest BCUT2D eigenvalue weighted by Crippen LogP contribution is -2.50. The minimum atomic E-state index is -1.50. The highest BCUT2D eigenvalue weighted by Gasteiger charge is 2.49. The van der Waals surface area contributed by atoms with Crippen molar-refractivity contribution in [1.82, 2.24) is 14.9 Å². The van der Waals surface area contributed by atoms with E-state index in [1.165, 1.54) is 42.5 Å². The van der Waals surface area contributed by atoms with Gasteiger partial charge in [-0.3, -0.25) is 19.3 Å². The maximum absolute atomic E-state index is 13.9. The summed E-state index contributed by atoms with van der Waals surface area (Å²) in [7, 11) is 1.51. The number of benzene rings is 3. The van der Waals surface area contributed by atoms with Crippen molar-refractivity contribution >= 4 is 51.0 Å². The van der Waals surface area contributed by atoms with Crippen LogP contribution in [0.1, 0.15) is 23.0 Å². The molecule has 0 saturated carbocycles. The Hall–Kier alpha value is -5.25. The van der Waals surface area contributed by atoms with Gasteiger partial charge in [0.15, 0.2) is 0 Å². The number of hydrogen-bond donors (Lipinski definition) is 2. The predicted octanol–water partition coefficient (Wildman–Crippen LogP) is 4.75. The smallest absolute Gasteiger partial charge is 0.323 e. The molecule has 40 heavy (non-hydrogen) atoms. The molecule has 3 heterocycles. The molecular weight excluding hydrogens is 515 g/mol. The molecule has 1 aliphatic heterocycles. The standard InChI is InChI=1S/C30H23FN4O5/c1-30(22-13-19(40-2)11-12-25(22)35(29(30)39)18-9-7-17(31)8-10-18)33-28(38)23-14-21-20-5-3-4-6-24(20)34(16-27(36)37)26(21)15-32-23/h3-15H,16H2,1-2H3,(H,33,38)(H,36,37)/t30-/m0/s1. The lowest BCUT2D eigenvalue weighted by Gasteiger charge is -2.26. The number of hydrogen-bond acceptors (Lipinski definition) is 5. The van der Waals surface area contributed by atoms with E-state index in [1.54, 1.807) is 35.8 Å². The van der Waals surface area contributed by atoms with E-state index in [0.29, 0.717) is 39.1 Å². The van der Waals surface area contributed by atoms with Crippen LogP contribution in [0, 0.1) is 5.82 Å². The Morgan fingerprint density at radius 3 is 2.50 bits per heavy atom. The number of carbonyl (C=O) groups excluding carboxylic acids is 2. The van der Waals surface area contributed by atoms with E-state index in [2.05, 4.69) is 10.3 Å². The first-order chi connectivity index (χ1) is 19.2. The summed E-state index contributed by atoms with van der Waals surface area (Å²) in [5.74, 6) is -1.97. The molecule has 6 rings (SSSR count). The second kappa shape index (κ2) is 9.19. The van der Waals surface area contributed by atoms with Crippen molar-refractivity contribution in [3.05, 3.63) is 96.1 Å². The molecule has 9 nitrogen and oxygen atoms in total. The van der Waals surface area contributed by atoms with Crippen LogP contribution in [-0.2, 0) is 21.7 Å². The van der Waals surface area contributed by atoms with Gasteiger partial charge in [0.1, 0.15) is 29.3 Å². The number of carboxylic acids is 1. The van der Waals surface area contributed by atoms with Crippen LogP contribution in [0.2, 0.25) is 0 Å². The van der Waals surface area contributed by atoms with E-state index in [-0.39, 0.29) is 12.2 Å². The number of carbonyl (C=O) groups is 3. The summed E-state index contributed by atoms with van der Waals surface area (Å²) < 4.78 is 20.7. The summed E-state index contributed by atoms with van der Waals surface area (Å²) in [6.45, 7) is 1.34. The molecule has 0 radical (unpaired) electrons. The number of methoxy groups -OCH3 is 1. The molecule has 200 valence electrons. The van der Waals surface area contributed by atoms with Crippen LogP contribution in [0.5, 0.6) is 5.75 Å². The van der Waals surface area contributed by atoms with Gasteiger partial charge in [-0.05, 0) is 61.5 Å². The van der Waals surface area contributed by atoms with Crippen LogP contribution < -0.4 is 15.0 Å². The molecule has 0 unspecified atom stereocenters. The molecular formula is C30H23FN4O5. The fourth-order valence-corrected chi connectivity index (χ4v) is 5.32. The van der Waals surface area contributed by atoms with Crippen LogP contribution >= 0.6 is 0 Å². The van der Waals surface area contributed by atoms with Gasteiger partial charge < -0.3 is 19.7 Å². The van der Waals surface area contributed by atoms with E-state index in [0.717, 1.165) is 5.39 Å². The molecule has 1 atom stereocenters. The van der Waals surface area contributed by atoms with Gasteiger partial charge in [0, 0.05) is 27.5 Å². The SMILES string of the molecule is COc1ccc2c(c1)[C@](C)(NC(=O)c1cc3c4ccccc4n(CC(=O)O)c3cn1)C(=O)N2c1ccc(F)cc1. The van der Waals surface area contributed by atoms with Crippen molar-refractivity contribution < 1.29 is 28.6 Å². The topological polar surface area (TPSA) is 114 Å². The van der Waals surface area contributed by atoms with Gasteiger partial charge in [0.25, 0.3) is 11.8 Å². The van der Waals surface area contributed by atoms with E-state index in [9.17, 15) is 23.9 Å².